The van der Waals surface area contributed by atoms with Crippen molar-refractivity contribution < 1.29 is 19.8 Å². The monoisotopic (exact) mass is 242 g/mol. The average Bonchev–Trinajstić information content (AvgIpc) is 2.78. The third-order valence-electron chi connectivity index (χ3n) is 2.09. The van der Waals surface area contributed by atoms with E-state index in [0.717, 1.165) is 0 Å². The van der Waals surface area contributed by atoms with Crippen LogP contribution in [-0.2, 0) is 16.1 Å². The van der Waals surface area contributed by atoms with Crippen molar-refractivity contribution in [2.45, 2.75) is 25.4 Å². The number of aromatic nitrogens is 3. The van der Waals surface area contributed by atoms with Crippen LogP contribution in [-0.4, -0.2) is 49.7 Å². The van der Waals surface area contributed by atoms with E-state index in [0.29, 0.717) is 6.54 Å². The molecule has 0 aliphatic rings. The van der Waals surface area contributed by atoms with Crippen LogP contribution in [0.1, 0.15) is 12.8 Å². The van der Waals surface area contributed by atoms with Gasteiger partial charge in [-0.15, -0.1) is 5.10 Å². The number of aliphatic hydroxyl groups is 1. The maximum Gasteiger partial charge on any atom is 0.326 e. The van der Waals surface area contributed by atoms with Crippen LogP contribution in [0.2, 0.25) is 0 Å². The lowest BCUT2D eigenvalue weighted by atomic mass is 10.2. The molecule has 0 saturated carbocycles. The normalized spacial score (nSPS) is 12.1. The summed E-state index contributed by atoms with van der Waals surface area (Å²) in [6, 6.07) is -1.05. The first kappa shape index (κ1) is 13.1. The highest BCUT2D eigenvalue weighted by atomic mass is 16.4. The number of carboxylic acids is 1. The molecule has 0 aliphatic heterocycles. The Bertz CT molecular complexity index is 365. The van der Waals surface area contributed by atoms with Gasteiger partial charge >= 0.3 is 5.97 Å². The number of carbonyl (C=O) groups excluding carboxylic acids is 1. The number of hydrogen-bond donors (Lipinski definition) is 3. The topological polar surface area (TPSA) is 117 Å². The lowest BCUT2D eigenvalue weighted by Gasteiger charge is -2.12. The lowest BCUT2D eigenvalue weighted by Crippen LogP contribution is -2.41. The molecule has 1 unspecified atom stereocenters. The molecule has 1 heterocycles. The third-order valence-corrected chi connectivity index (χ3v) is 2.09. The van der Waals surface area contributed by atoms with Gasteiger partial charge in [0.1, 0.15) is 6.04 Å². The number of aliphatic carboxylic acids is 1. The van der Waals surface area contributed by atoms with E-state index in [2.05, 4.69) is 15.6 Å². The predicted octanol–water partition coefficient (Wildman–Crippen LogP) is -1.38. The summed E-state index contributed by atoms with van der Waals surface area (Å²) in [6.45, 7) is 0.0393. The number of rotatable bonds is 7. The molecular formula is C9H14N4O4. The van der Waals surface area contributed by atoms with Crippen LogP contribution < -0.4 is 5.32 Å². The maximum atomic E-state index is 11.4. The molecule has 0 spiro atoms. The van der Waals surface area contributed by atoms with Crippen molar-refractivity contribution in [3.8, 4) is 0 Å². The quantitative estimate of drug-likeness (QED) is 0.542. The highest BCUT2D eigenvalue weighted by molar-refractivity contribution is 5.83. The minimum atomic E-state index is -1.16. The summed E-state index contributed by atoms with van der Waals surface area (Å²) in [5, 5.41) is 27.0. The van der Waals surface area contributed by atoms with E-state index in [1.165, 1.54) is 10.9 Å². The van der Waals surface area contributed by atoms with Gasteiger partial charge in [-0.25, -0.2) is 4.79 Å². The van der Waals surface area contributed by atoms with E-state index >= 15 is 0 Å². The number of aryl methyl sites for hydroxylation is 1. The number of nitrogens with zero attached hydrogens (tertiary/aromatic N) is 3. The molecule has 0 saturated heterocycles. The largest absolute Gasteiger partial charge is 0.480 e. The Kier molecular flexibility index (Phi) is 5.08. The summed E-state index contributed by atoms with van der Waals surface area (Å²) in [6.07, 6.45) is 3.20. The summed E-state index contributed by atoms with van der Waals surface area (Å²) < 4.78 is 1.47. The van der Waals surface area contributed by atoms with E-state index in [4.69, 9.17) is 10.2 Å². The molecule has 1 aromatic heterocycles. The molecule has 0 bridgehead atoms. The minimum absolute atomic E-state index is 0.00953. The first-order valence-electron chi connectivity index (χ1n) is 5.10. The zero-order valence-corrected chi connectivity index (χ0v) is 9.11. The Balaban J connectivity index is 2.34. The first-order chi connectivity index (χ1) is 8.13. The highest BCUT2D eigenvalue weighted by Gasteiger charge is 2.18. The van der Waals surface area contributed by atoms with Gasteiger partial charge in [-0.05, 0) is 0 Å². The van der Waals surface area contributed by atoms with Gasteiger partial charge in [0.15, 0.2) is 0 Å². The standard InChI is InChI=1S/C9H14N4O4/c14-6-2-7(9(16)17)11-8(15)1-4-13-5-3-10-12-13/h3,5,7,14H,1-2,4,6H2,(H,11,15)(H,16,17). The molecule has 1 rings (SSSR count). The summed E-state index contributed by atoms with van der Waals surface area (Å²) in [5.74, 6) is -1.56. The molecule has 0 aromatic carbocycles. The van der Waals surface area contributed by atoms with Crippen molar-refractivity contribution in [2.75, 3.05) is 6.61 Å². The van der Waals surface area contributed by atoms with Crippen molar-refractivity contribution in [1.29, 1.82) is 0 Å². The highest BCUT2D eigenvalue weighted by Crippen LogP contribution is 1.94. The molecule has 0 radical (unpaired) electrons. The summed E-state index contributed by atoms with van der Waals surface area (Å²) >= 11 is 0. The maximum absolute atomic E-state index is 11.4. The van der Waals surface area contributed by atoms with Gasteiger partial charge < -0.3 is 15.5 Å². The number of aliphatic hydroxyl groups excluding tert-OH is 1. The van der Waals surface area contributed by atoms with Gasteiger partial charge in [-0.3, -0.25) is 9.48 Å². The Morgan fingerprint density at radius 1 is 1.47 bits per heavy atom. The van der Waals surface area contributed by atoms with Crippen molar-refractivity contribution >= 4 is 11.9 Å². The van der Waals surface area contributed by atoms with Crippen molar-refractivity contribution in [3.63, 3.8) is 0 Å². The second-order valence-corrected chi connectivity index (χ2v) is 3.39. The van der Waals surface area contributed by atoms with Crippen molar-refractivity contribution in [3.05, 3.63) is 12.4 Å². The second-order valence-electron chi connectivity index (χ2n) is 3.39. The van der Waals surface area contributed by atoms with Gasteiger partial charge in [0.05, 0.1) is 12.7 Å². The smallest absolute Gasteiger partial charge is 0.326 e. The molecule has 8 heteroatoms. The fraction of sp³-hybridized carbons (Fsp3) is 0.556. The van der Waals surface area contributed by atoms with E-state index in [9.17, 15) is 9.59 Å². The molecule has 0 fully saturated rings. The van der Waals surface area contributed by atoms with Gasteiger partial charge in [-0.2, -0.15) is 0 Å². The Labute approximate surface area is 97.2 Å². The van der Waals surface area contributed by atoms with Crippen LogP contribution >= 0.6 is 0 Å². The van der Waals surface area contributed by atoms with Gasteiger partial charge in [0, 0.05) is 25.6 Å². The molecule has 0 aliphatic carbocycles. The SMILES string of the molecule is O=C(CCn1ccnn1)NC(CCO)C(=O)O. The fourth-order valence-electron chi connectivity index (χ4n) is 1.22. The summed E-state index contributed by atoms with van der Waals surface area (Å²) in [5.41, 5.74) is 0. The average molecular weight is 242 g/mol. The molecule has 1 aromatic rings. The molecule has 94 valence electrons. The van der Waals surface area contributed by atoms with Crippen LogP contribution in [0.4, 0.5) is 0 Å². The number of carboxylic acid groups (broad SMARTS) is 1. The number of hydrogen-bond acceptors (Lipinski definition) is 5. The molecule has 1 atom stereocenters. The molecule has 3 N–H and O–H groups in total. The van der Waals surface area contributed by atoms with Crippen molar-refractivity contribution in [1.82, 2.24) is 20.3 Å². The van der Waals surface area contributed by atoms with E-state index in [1.807, 2.05) is 0 Å². The van der Waals surface area contributed by atoms with Crippen molar-refractivity contribution in [2.24, 2.45) is 0 Å². The lowest BCUT2D eigenvalue weighted by molar-refractivity contribution is -0.142. The third kappa shape index (κ3) is 4.60. The number of nitrogens with one attached hydrogen (secondary N) is 1. The van der Waals surface area contributed by atoms with Gasteiger partial charge in [0.25, 0.3) is 0 Å². The molecule has 8 nitrogen and oxygen atoms in total. The summed E-state index contributed by atoms with van der Waals surface area (Å²) in [4.78, 5) is 22.1. The van der Waals surface area contributed by atoms with Crippen LogP contribution in [0, 0.1) is 0 Å². The predicted molar refractivity (Wildman–Crippen MR) is 55.9 cm³/mol. The number of amides is 1. The minimum Gasteiger partial charge on any atom is -0.480 e. The zero-order valence-electron chi connectivity index (χ0n) is 9.11. The van der Waals surface area contributed by atoms with E-state index in [-0.39, 0.29) is 19.4 Å². The molecule has 17 heavy (non-hydrogen) atoms. The molecular weight excluding hydrogens is 228 g/mol. The summed E-state index contributed by atoms with van der Waals surface area (Å²) in [7, 11) is 0. The molecule has 1 amide bonds. The van der Waals surface area contributed by atoms with Crippen LogP contribution in [0.15, 0.2) is 12.4 Å². The van der Waals surface area contributed by atoms with Gasteiger partial charge in [0.2, 0.25) is 5.91 Å². The Hall–Kier alpha value is -1.96. The van der Waals surface area contributed by atoms with E-state index < -0.39 is 17.9 Å². The van der Waals surface area contributed by atoms with E-state index in [1.54, 1.807) is 6.20 Å². The Morgan fingerprint density at radius 2 is 2.24 bits per heavy atom. The fourth-order valence-corrected chi connectivity index (χ4v) is 1.22. The van der Waals surface area contributed by atoms with Crippen LogP contribution in [0.3, 0.4) is 0 Å². The van der Waals surface area contributed by atoms with Gasteiger partial charge in [-0.1, -0.05) is 5.21 Å². The first-order valence-corrected chi connectivity index (χ1v) is 5.10. The number of carbonyl (C=O) groups is 2. The Morgan fingerprint density at radius 3 is 2.76 bits per heavy atom. The second kappa shape index (κ2) is 6.59. The van der Waals surface area contributed by atoms with Crippen LogP contribution in [0.25, 0.3) is 0 Å². The zero-order chi connectivity index (χ0) is 12.7. The van der Waals surface area contributed by atoms with Crippen LogP contribution in [0.5, 0.6) is 0 Å².